The van der Waals surface area contributed by atoms with Crippen LogP contribution in [0.25, 0.3) is 0 Å². The first-order valence-corrected chi connectivity index (χ1v) is 14.0. The Hall–Kier alpha value is -4.19. The van der Waals surface area contributed by atoms with E-state index in [-0.39, 0.29) is 17.7 Å². The molecule has 0 saturated heterocycles. The molecular formula is C34H39N3O3. The third-order valence-electron chi connectivity index (χ3n) is 7.45. The second-order valence-corrected chi connectivity index (χ2v) is 10.8. The highest BCUT2D eigenvalue weighted by Gasteiger charge is 2.33. The lowest BCUT2D eigenvalue weighted by Gasteiger charge is -2.33. The molecule has 0 radical (unpaired) electrons. The number of nitrogens with zero attached hydrogens (tertiary/aromatic N) is 2. The molecule has 1 fully saturated rings. The van der Waals surface area contributed by atoms with Crippen LogP contribution in [0.3, 0.4) is 0 Å². The van der Waals surface area contributed by atoms with Gasteiger partial charge in [0.1, 0.15) is 6.04 Å². The summed E-state index contributed by atoms with van der Waals surface area (Å²) in [5, 5.41) is 3.23. The van der Waals surface area contributed by atoms with Crippen molar-refractivity contribution in [1.82, 2.24) is 5.32 Å². The summed E-state index contributed by atoms with van der Waals surface area (Å²) in [6.45, 7) is 3.93. The van der Waals surface area contributed by atoms with Crippen molar-refractivity contribution in [3.63, 3.8) is 0 Å². The van der Waals surface area contributed by atoms with Crippen LogP contribution >= 0.6 is 0 Å². The van der Waals surface area contributed by atoms with Crippen molar-refractivity contribution in [3.8, 4) is 0 Å². The lowest BCUT2D eigenvalue weighted by atomic mass is 9.94. The average Bonchev–Trinajstić information content (AvgIpc) is 2.96. The summed E-state index contributed by atoms with van der Waals surface area (Å²) >= 11 is 0. The summed E-state index contributed by atoms with van der Waals surface area (Å²) in [5.74, 6) is -0.933. The van der Waals surface area contributed by atoms with E-state index in [1.807, 2.05) is 93.5 Å². The maximum atomic E-state index is 14.0. The standard InChI is InChI=1S/C34H39N3O3/c1-24-10-14-26(15-11-24)31(38)22-23-32(39)37(30-18-12-25(2)13-19-30)33(27-16-20-29(21-17-27)36(3)4)34(40)35-28-8-6-5-7-9-28/h10-23,28,33H,5-9H2,1-4H3,(H,35,40)/b23-22+. The predicted octanol–water partition coefficient (Wildman–Crippen LogP) is 6.33. The van der Waals surface area contributed by atoms with Gasteiger partial charge in [-0.2, -0.15) is 0 Å². The minimum Gasteiger partial charge on any atom is -0.378 e. The molecule has 0 aliphatic heterocycles. The second kappa shape index (κ2) is 13.2. The van der Waals surface area contributed by atoms with Crippen LogP contribution in [-0.4, -0.2) is 37.7 Å². The normalized spacial score (nSPS) is 14.5. The van der Waals surface area contributed by atoms with Gasteiger partial charge in [-0.15, -0.1) is 0 Å². The lowest BCUT2D eigenvalue weighted by Crippen LogP contribution is -2.47. The summed E-state index contributed by atoms with van der Waals surface area (Å²) in [6.07, 6.45) is 7.77. The summed E-state index contributed by atoms with van der Waals surface area (Å²) < 4.78 is 0. The first-order chi connectivity index (χ1) is 19.2. The number of hydrogen-bond acceptors (Lipinski definition) is 4. The zero-order chi connectivity index (χ0) is 28.6. The number of allylic oxidation sites excluding steroid dienone is 1. The molecule has 1 saturated carbocycles. The smallest absolute Gasteiger partial charge is 0.252 e. The third kappa shape index (κ3) is 7.26. The molecule has 3 aromatic rings. The number of rotatable bonds is 9. The summed E-state index contributed by atoms with van der Waals surface area (Å²) in [5.41, 5.74) is 4.87. The molecule has 0 heterocycles. The lowest BCUT2D eigenvalue weighted by molar-refractivity contribution is -0.126. The number of anilines is 2. The maximum Gasteiger partial charge on any atom is 0.252 e. The Labute approximate surface area is 237 Å². The molecule has 0 aromatic heterocycles. The number of carbonyl (C=O) groups excluding carboxylic acids is 3. The van der Waals surface area contributed by atoms with Gasteiger partial charge in [-0.25, -0.2) is 0 Å². The minimum absolute atomic E-state index is 0.0819. The zero-order valence-corrected chi connectivity index (χ0v) is 23.9. The fourth-order valence-corrected chi connectivity index (χ4v) is 5.05. The molecule has 2 amide bonds. The Morgan fingerprint density at radius 1 is 0.750 bits per heavy atom. The Morgan fingerprint density at radius 2 is 1.30 bits per heavy atom. The molecule has 1 unspecified atom stereocenters. The van der Waals surface area contributed by atoms with Gasteiger partial charge in [0, 0.05) is 43.2 Å². The van der Waals surface area contributed by atoms with Crippen molar-refractivity contribution >= 4 is 29.0 Å². The van der Waals surface area contributed by atoms with Crippen molar-refractivity contribution in [1.29, 1.82) is 0 Å². The number of nitrogens with one attached hydrogen (secondary N) is 1. The van der Waals surface area contributed by atoms with E-state index in [2.05, 4.69) is 5.32 Å². The highest BCUT2D eigenvalue weighted by Crippen LogP contribution is 2.31. The van der Waals surface area contributed by atoms with Crippen LogP contribution in [0.15, 0.2) is 84.9 Å². The van der Waals surface area contributed by atoms with E-state index in [1.54, 1.807) is 12.1 Å². The van der Waals surface area contributed by atoms with Crippen LogP contribution in [0.5, 0.6) is 0 Å². The molecule has 6 nitrogen and oxygen atoms in total. The summed E-state index contributed by atoms with van der Waals surface area (Å²) in [4.78, 5) is 44.3. The maximum absolute atomic E-state index is 14.0. The van der Waals surface area contributed by atoms with E-state index < -0.39 is 11.9 Å². The molecule has 1 aliphatic rings. The van der Waals surface area contributed by atoms with Gasteiger partial charge in [-0.05, 0) is 62.6 Å². The van der Waals surface area contributed by atoms with Crippen LogP contribution in [0.2, 0.25) is 0 Å². The van der Waals surface area contributed by atoms with Gasteiger partial charge < -0.3 is 10.2 Å². The van der Waals surface area contributed by atoms with Gasteiger partial charge in [0.25, 0.3) is 5.91 Å². The van der Waals surface area contributed by atoms with Crippen LogP contribution < -0.4 is 15.1 Å². The van der Waals surface area contributed by atoms with Gasteiger partial charge in [0.2, 0.25) is 5.91 Å². The SMILES string of the molecule is Cc1ccc(C(=O)/C=C/C(=O)N(c2ccc(C)cc2)C(C(=O)NC2CCCCC2)c2ccc(N(C)C)cc2)cc1. The third-order valence-corrected chi connectivity index (χ3v) is 7.45. The molecule has 1 atom stereocenters. The molecular weight excluding hydrogens is 498 g/mol. The van der Waals surface area contributed by atoms with Gasteiger partial charge in [0.15, 0.2) is 5.78 Å². The zero-order valence-electron chi connectivity index (χ0n) is 23.9. The van der Waals surface area contributed by atoms with E-state index in [4.69, 9.17) is 0 Å². The van der Waals surface area contributed by atoms with Crippen molar-refractivity contribution in [2.45, 2.75) is 58.0 Å². The van der Waals surface area contributed by atoms with Gasteiger partial charge in [0.05, 0.1) is 0 Å². The van der Waals surface area contributed by atoms with Crippen molar-refractivity contribution in [3.05, 3.63) is 107 Å². The number of benzene rings is 3. The Morgan fingerprint density at radius 3 is 1.88 bits per heavy atom. The second-order valence-electron chi connectivity index (χ2n) is 10.8. The number of aryl methyl sites for hydroxylation is 2. The molecule has 1 N–H and O–H groups in total. The number of ketones is 1. The molecule has 0 bridgehead atoms. The molecule has 6 heteroatoms. The van der Waals surface area contributed by atoms with Gasteiger partial charge in [-0.3, -0.25) is 19.3 Å². The molecule has 1 aliphatic carbocycles. The number of hydrogen-bond donors (Lipinski definition) is 1. The van der Waals surface area contributed by atoms with Crippen LogP contribution in [0, 0.1) is 13.8 Å². The number of carbonyl (C=O) groups is 3. The molecule has 3 aromatic carbocycles. The topological polar surface area (TPSA) is 69.7 Å². The molecule has 0 spiro atoms. The van der Waals surface area contributed by atoms with E-state index in [9.17, 15) is 14.4 Å². The van der Waals surface area contributed by atoms with Crippen LogP contribution in [0.4, 0.5) is 11.4 Å². The molecule has 208 valence electrons. The Kier molecular flexibility index (Phi) is 9.54. The Balaban J connectivity index is 1.73. The van der Waals surface area contributed by atoms with Crippen LogP contribution in [0.1, 0.15) is 65.2 Å². The summed E-state index contributed by atoms with van der Waals surface area (Å²) in [6, 6.07) is 21.6. The highest BCUT2D eigenvalue weighted by atomic mass is 16.2. The van der Waals surface area contributed by atoms with Crippen molar-refractivity contribution < 1.29 is 14.4 Å². The van der Waals surface area contributed by atoms with E-state index >= 15 is 0 Å². The molecule has 40 heavy (non-hydrogen) atoms. The quantitative estimate of drug-likeness (QED) is 0.256. The van der Waals surface area contributed by atoms with E-state index in [0.717, 1.165) is 42.5 Å². The largest absolute Gasteiger partial charge is 0.378 e. The minimum atomic E-state index is -0.910. The van der Waals surface area contributed by atoms with Gasteiger partial charge in [-0.1, -0.05) is 78.9 Å². The van der Waals surface area contributed by atoms with Gasteiger partial charge >= 0.3 is 0 Å². The van der Waals surface area contributed by atoms with E-state index in [0.29, 0.717) is 16.8 Å². The monoisotopic (exact) mass is 537 g/mol. The van der Waals surface area contributed by atoms with Crippen LogP contribution in [-0.2, 0) is 9.59 Å². The van der Waals surface area contributed by atoms with E-state index in [1.165, 1.54) is 23.5 Å². The highest BCUT2D eigenvalue weighted by molar-refractivity contribution is 6.12. The first kappa shape index (κ1) is 28.8. The Bertz CT molecular complexity index is 1340. The van der Waals surface area contributed by atoms with Crippen molar-refractivity contribution in [2.24, 2.45) is 0 Å². The first-order valence-electron chi connectivity index (χ1n) is 14.0. The summed E-state index contributed by atoms with van der Waals surface area (Å²) in [7, 11) is 3.92. The fraction of sp³-hybridized carbons (Fsp3) is 0.324. The van der Waals surface area contributed by atoms with Crippen molar-refractivity contribution in [2.75, 3.05) is 23.9 Å². The fourth-order valence-electron chi connectivity index (χ4n) is 5.05. The predicted molar refractivity (Wildman–Crippen MR) is 162 cm³/mol. The number of amides is 2. The average molecular weight is 538 g/mol. The molecule has 4 rings (SSSR count).